The third-order valence-electron chi connectivity index (χ3n) is 7.67. The number of carbonyl (C=O) groups is 1. The number of benzene rings is 3. The van der Waals surface area contributed by atoms with Crippen LogP contribution in [0.2, 0.25) is 0 Å². The lowest BCUT2D eigenvalue weighted by atomic mass is 9.99. The van der Waals surface area contributed by atoms with Crippen LogP contribution in [0, 0.1) is 5.92 Å². The van der Waals surface area contributed by atoms with Gasteiger partial charge in [-0.2, -0.15) is 0 Å². The Kier molecular flexibility index (Phi) is 9.00. The molecule has 0 saturated carbocycles. The first-order valence-electron chi connectivity index (χ1n) is 14.0. The molecule has 3 atom stereocenters. The van der Waals surface area contributed by atoms with Gasteiger partial charge in [0.2, 0.25) is 6.79 Å². The Bertz CT molecular complexity index is 1560. The molecular formula is C31H37N3O8S. The first-order chi connectivity index (χ1) is 20.6. The summed E-state index contributed by atoms with van der Waals surface area (Å²) < 4.78 is 51.3. The Morgan fingerprint density at radius 3 is 2.51 bits per heavy atom. The molecule has 0 aromatic heterocycles. The number of amides is 1. The monoisotopic (exact) mass is 611 g/mol. The molecule has 0 unspecified atom stereocenters. The van der Waals surface area contributed by atoms with Gasteiger partial charge in [-0.25, -0.2) is 8.42 Å². The molecule has 2 aliphatic rings. The molecule has 0 radical (unpaired) electrons. The van der Waals surface area contributed by atoms with Crippen LogP contribution in [-0.4, -0.2) is 82.0 Å². The number of methoxy groups -OCH3 is 1. The average molecular weight is 612 g/mol. The SMILES string of the molecule is COc1ccc(S(=O)(=O)Nc2ccc3c(c2)C(=O)N([C@@H](C)CO)C[C@@H](C)[C@@H](CN(C)Cc2ccc4c(c2)OCO4)O3)cc1. The number of anilines is 1. The summed E-state index contributed by atoms with van der Waals surface area (Å²) in [4.78, 5) is 17.6. The topological polar surface area (TPSA) is 127 Å². The van der Waals surface area contributed by atoms with E-state index in [4.69, 9.17) is 18.9 Å². The first-order valence-corrected chi connectivity index (χ1v) is 15.5. The van der Waals surface area contributed by atoms with Gasteiger partial charge in [0.1, 0.15) is 17.6 Å². The van der Waals surface area contributed by atoms with Gasteiger partial charge in [0, 0.05) is 31.2 Å². The van der Waals surface area contributed by atoms with E-state index < -0.39 is 16.1 Å². The lowest BCUT2D eigenvalue weighted by Crippen LogP contribution is -2.49. The van der Waals surface area contributed by atoms with Crippen LogP contribution >= 0.6 is 0 Å². The van der Waals surface area contributed by atoms with Gasteiger partial charge in [-0.05, 0) is 74.1 Å². The third kappa shape index (κ3) is 6.82. The molecule has 2 aliphatic heterocycles. The number of nitrogens with zero attached hydrogens (tertiary/aromatic N) is 2. The van der Waals surface area contributed by atoms with Crippen LogP contribution in [0.5, 0.6) is 23.0 Å². The number of ether oxygens (including phenoxy) is 4. The van der Waals surface area contributed by atoms with Crippen LogP contribution in [-0.2, 0) is 16.6 Å². The van der Waals surface area contributed by atoms with Crippen molar-refractivity contribution in [2.75, 3.05) is 45.4 Å². The summed E-state index contributed by atoms with van der Waals surface area (Å²) in [7, 11) is -0.438. The van der Waals surface area contributed by atoms with Gasteiger partial charge >= 0.3 is 0 Å². The number of sulfonamides is 1. The number of aliphatic hydroxyl groups is 1. The van der Waals surface area contributed by atoms with Gasteiger partial charge in [-0.3, -0.25) is 14.4 Å². The number of carbonyl (C=O) groups excluding carboxylic acids is 1. The zero-order chi connectivity index (χ0) is 30.7. The molecule has 43 heavy (non-hydrogen) atoms. The lowest BCUT2D eigenvalue weighted by Gasteiger charge is -2.38. The van der Waals surface area contributed by atoms with Crippen molar-refractivity contribution in [3.8, 4) is 23.0 Å². The van der Waals surface area contributed by atoms with E-state index in [0.29, 0.717) is 31.1 Å². The number of fused-ring (bicyclic) bond motifs is 2. The molecule has 0 bridgehead atoms. The van der Waals surface area contributed by atoms with E-state index in [1.807, 2.05) is 32.2 Å². The number of hydrogen-bond acceptors (Lipinski definition) is 9. The summed E-state index contributed by atoms with van der Waals surface area (Å²) >= 11 is 0. The quantitative estimate of drug-likeness (QED) is 0.354. The summed E-state index contributed by atoms with van der Waals surface area (Å²) in [6.07, 6.45) is -0.305. The van der Waals surface area contributed by atoms with E-state index >= 15 is 0 Å². The van der Waals surface area contributed by atoms with Crippen molar-refractivity contribution >= 4 is 21.6 Å². The van der Waals surface area contributed by atoms with Crippen LogP contribution in [0.25, 0.3) is 0 Å². The summed E-state index contributed by atoms with van der Waals surface area (Å²) in [5.41, 5.74) is 1.49. The van der Waals surface area contributed by atoms with Crippen molar-refractivity contribution in [2.24, 2.45) is 5.92 Å². The molecule has 0 spiro atoms. The number of hydrogen-bond donors (Lipinski definition) is 2. The number of nitrogens with one attached hydrogen (secondary N) is 1. The standard InChI is InChI=1S/C31H37N3O8S/c1-20-15-34(21(2)18-35)31(36)26-14-23(32-43(37,38)25-9-7-24(39-4)8-10-25)6-12-27(26)42-30(20)17-33(3)16-22-5-11-28-29(13-22)41-19-40-28/h5-14,20-21,30,32,35H,15-19H2,1-4H3/t20-,21+,30-/m1/s1. The van der Waals surface area contributed by atoms with Crippen molar-refractivity contribution in [1.29, 1.82) is 0 Å². The second-order valence-electron chi connectivity index (χ2n) is 11.0. The molecule has 12 heteroatoms. The molecule has 0 saturated heterocycles. The Morgan fingerprint density at radius 2 is 1.79 bits per heavy atom. The maximum Gasteiger partial charge on any atom is 0.261 e. The Hall–Kier alpha value is -4.00. The minimum atomic E-state index is -3.94. The lowest BCUT2D eigenvalue weighted by molar-refractivity contribution is 0.0341. The van der Waals surface area contributed by atoms with Crippen LogP contribution in [0.15, 0.2) is 65.6 Å². The van der Waals surface area contributed by atoms with E-state index in [-0.39, 0.29) is 47.5 Å². The van der Waals surface area contributed by atoms with Crippen molar-refractivity contribution < 1.29 is 37.3 Å². The Morgan fingerprint density at radius 1 is 1.07 bits per heavy atom. The molecule has 3 aromatic carbocycles. The van der Waals surface area contributed by atoms with Crippen molar-refractivity contribution in [3.05, 3.63) is 71.8 Å². The molecule has 11 nitrogen and oxygen atoms in total. The molecule has 5 rings (SSSR count). The molecule has 2 N–H and O–H groups in total. The number of rotatable bonds is 10. The molecular weight excluding hydrogens is 574 g/mol. The van der Waals surface area contributed by atoms with Gasteiger partial charge in [0.25, 0.3) is 15.9 Å². The predicted molar refractivity (Wildman–Crippen MR) is 160 cm³/mol. The normalized spacial score (nSPS) is 18.8. The smallest absolute Gasteiger partial charge is 0.261 e. The highest BCUT2D eigenvalue weighted by Gasteiger charge is 2.34. The summed E-state index contributed by atoms with van der Waals surface area (Å²) in [6, 6.07) is 16.1. The van der Waals surface area contributed by atoms with Gasteiger partial charge in [-0.1, -0.05) is 13.0 Å². The third-order valence-corrected chi connectivity index (χ3v) is 9.07. The molecule has 2 heterocycles. The largest absolute Gasteiger partial charge is 0.497 e. The van der Waals surface area contributed by atoms with Gasteiger partial charge < -0.3 is 29.0 Å². The molecule has 230 valence electrons. The van der Waals surface area contributed by atoms with E-state index in [1.165, 1.54) is 25.3 Å². The number of aliphatic hydroxyl groups excluding tert-OH is 1. The van der Waals surface area contributed by atoms with E-state index in [2.05, 4.69) is 9.62 Å². The van der Waals surface area contributed by atoms with Gasteiger partial charge in [-0.15, -0.1) is 0 Å². The summed E-state index contributed by atoms with van der Waals surface area (Å²) in [6.45, 7) is 5.34. The maximum atomic E-state index is 13.8. The molecule has 1 amide bonds. The van der Waals surface area contributed by atoms with Crippen molar-refractivity contribution in [1.82, 2.24) is 9.80 Å². The molecule has 0 aliphatic carbocycles. The Balaban J connectivity index is 1.39. The fourth-order valence-electron chi connectivity index (χ4n) is 5.20. The highest BCUT2D eigenvalue weighted by atomic mass is 32.2. The predicted octanol–water partition coefficient (Wildman–Crippen LogP) is 3.58. The average Bonchev–Trinajstić information content (AvgIpc) is 3.46. The van der Waals surface area contributed by atoms with Crippen LogP contribution in [0.1, 0.15) is 29.8 Å². The maximum absolute atomic E-state index is 13.8. The molecule has 0 fully saturated rings. The van der Waals surface area contributed by atoms with Crippen LogP contribution < -0.4 is 23.7 Å². The summed E-state index contributed by atoms with van der Waals surface area (Å²) in [5.74, 6) is 1.92. The first kappa shape index (κ1) is 30.5. The fraction of sp³-hybridized carbons (Fsp3) is 0.387. The van der Waals surface area contributed by atoms with E-state index in [9.17, 15) is 18.3 Å². The highest BCUT2D eigenvalue weighted by Crippen LogP contribution is 2.34. The minimum Gasteiger partial charge on any atom is -0.497 e. The van der Waals surface area contributed by atoms with Crippen LogP contribution in [0.4, 0.5) is 5.69 Å². The molecule has 3 aromatic rings. The zero-order valence-electron chi connectivity index (χ0n) is 24.6. The zero-order valence-corrected chi connectivity index (χ0v) is 25.5. The van der Waals surface area contributed by atoms with Gasteiger partial charge in [0.05, 0.1) is 30.2 Å². The van der Waals surface area contributed by atoms with E-state index in [0.717, 1.165) is 17.1 Å². The van der Waals surface area contributed by atoms with Crippen molar-refractivity contribution in [3.63, 3.8) is 0 Å². The second kappa shape index (κ2) is 12.7. The van der Waals surface area contributed by atoms with Crippen LogP contribution in [0.3, 0.4) is 0 Å². The fourth-order valence-corrected chi connectivity index (χ4v) is 6.25. The van der Waals surface area contributed by atoms with Gasteiger partial charge in [0.15, 0.2) is 11.5 Å². The second-order valence-corrected chi connectivity index (χ2v) is 12.7. The Labute approximate surface area is 252 Å². The number of likely N-dealkylation sites (N-methyl/N-ethyl adjacent to an activating group) is 1. The minimum absolute atomic E-state index is 0.0533. The van der Waals surface area contributed by atoms with E-state index in [1.54, 1.807) is 36.1 Å². The van der Waals surface area contributed by atoms with Crippen molar-refractivity contribution in [2.45, 2.75) is 37.4 Å². The summed E-state index contributed by atoms with van der Waals surface area (Å²) in [5, 5.41) is 9.96. The highest BCUT2D eigenvalue weighted by molar-refractivity contribution is 7.92.